The molecule has 0 spiro atoms. The van der Waals surface area contributed by atoms with E-state index in [0.717, 1.165) is 19.1 Å². The van der Waals surface area contributed by atoms with E-state index in [0.29, 0.717) is 12.5 Å². The summed E-state index contributed by atoms with van der Waals surface area (Å²) in [5.74, 6) is 0.726. The molecule has 1 heterocycles. The predicted molar refractivity (Wildman–Crippen MR) is 85.2 cm³/mol. The Kier molecular flexibility index (Phi) is 6.06. The second-order valence-electron chi connectivity index (χ2n) is 7.47. The zero-order valence-corrected chi connectivity index (χ0v) is 14.0. The van der Waals surface area contributed by atoms with Crippen LogP contribution in [-0.4, -0.2) is 50.2 Å². The van der Waals surface area contributed by atoms with Crippen LogP contribution in [0, 0.1) is 11.3 Å². The van der Waals surface area contributed by atoms with Crippen molar-refractivity contribution in [3.05, 3.63) is 0 Å². The lowest BCUT2D eigenvalue weighted by Crippen LogP contribution is -2.47. The Labute approximate surface area is 129 Å². The van der Waals surface area contributed by atoms with Gasteiger partial charge in [0.15, 0.2) is 0 Å². The molecule has 0 unspecified atom stereocenters. The first-order chi connectivity index (χ1) is 10.0. The second kappa shape index (κ2) is 7.59. The van der Waals surface area contributed by atoms with Gasteiger partial charge in [0.25, 0.3) is 0 Å². The minimum atomic E-state index is -0.436. The van der Waals surface area contributed by atoms with Crippen LogP contribution < -0.4 is 5.32 Å². The van der Waals surface area contributed by atoms with Crippen LogP contribution >= 0.6 is 0 Å². The van der Waals surface area contributed by atoms with Crippen molar-refractivity contribution in [1.29, 1.82) is 0 Å². The molecule has 2 aliphatic rings. The third kappa shape index (κ3) is 4.68. The fraction of sp³-hybridized carbons (Fsp3) is 0.941. The van der Waals surface area contributed by atoms with Crippen LogP contribution in [0.25, 0.3) is 0 Å². The SMILES string of the molecule is COCC(C)(C)C(=O)NC[C@@H]1CCCN(C2CCCC2)C1. The molecule has 1 amide bonds. The number of carbonyl (C=O) groups is 1. The zero-order chi connectivity index (χ0) is 15.3. The van der Waals surface area contributed by atoms with Gasteiger partial charge in [0.05, 0.1) is 12.0 Å². The fourth-order valence-electron chi connectivity index (χ4n) is 3.77. The summed E-state index contributed by atoms with van der Waals surface area (Å²) in [6.45, 7) is 7.59. The number of methoxy groups -OCH3 is 1. The van der Waals surface area contributed by atoms with E-state index in [9.17, 15) is 4.79 Å². The fourth-order valence-corrected chi connectivity index (χ4v) is 3.77. The molecule has 1 atom stereocenters. The molecule has 0 aromatic heterocycles. The summed E-state index contributed by atoms with van der Waals surface area (Å²) >= 11 is 0. The molecule has 4 heteroatoms. The maximum atomic E-state index is 12.2. The molecule has 2 rings (SSSR count). The molecule has 0 aromatic carbocycles. The first-order valence-electron chi connectivity index (χ1n) is 8.54. The average Bonchev–Trinajstić information content (AvgIpc) is 2.99. The van der Waals surface area contributed by atoms with Gasteiger partial charge in [0.1, 0.15) is 0 Å². The van der Waals surface area contributed by atoms with Gasteiger partial charge in [-0.3, -0.25) is 4.79 Å². The quantitative estimate of drug-likeness (QED) is 0.818. The predicted octanol–water partition coefficient (Wildman–Crippen LogP) is 2.43. The van der Waals surface area contributed by atoms with E-state index in [4.69, 9.17) is 4.74 Å². The lowest BCUT2D eigenvalue weighted by atomic mass is 9.92. The van der Waals surface area contributed by atoms with Gasteiger partial charge in [-0.15, -0.1) is 0 Å². The molecular weight excluding hydrogens is 264 g/mol. The molecule has 1 saturated carbocycles. The van der Waals surface area contributed by atoms with Gasteiger partial charge in [0.2, 0.25) is 5.91 Å². The molecule has 1 N–H and O–H groups in total. The van der Waals surface area contributed by atoms with Crippen LogP contribution in [0.4, 0.5) is 0 Å². The third-order valence-corrected chi connectivity index (χ3v) is 5.06. The van der Waals surface area contributed by atoms with Gasteiger partial charge >= 0.3 is 0 Å². The van der Waals surface area contributed by atoms with E-state index in [1.165, 1.54) is 45.1 Å². The molecule has 1 saturated heterocycles. The van der Waals surface area contributed by atoms with Gasteiger partial charge < -0.3 is 15.0 Å². The van der Waals surface area contributed by atoms with Crippen molar-refractivity contribution in [2.45, 2.75) is 58.4 Å². The van der Waals surface area contributed by atoms with Crippen molar-refractivity contribution < 1.29 is 9.53 Å². The monoisotopic (exact) mass is 296 g/mol. The van der Waals surface area contributed by atoms with Gasteiger partial charge in [-0.1, -0.05) is 12.8 Å². The maximum absolute atomic E-state index is 12.2. The summed E-state index contributed by atoms with van der Waals surface area (Å²) in [4.78, 5) is 14.9. The van der Waals surface area contributed by atoms with Crippen LogP contribution in [0.1, 0.15) is 52.4 Å². The van der Waals surface area contributed by atoms with E-state index in [2.05, 4.69) is 10.2 Å². The topological polar surface area (TPSA) is 41.6 Å². The van der Waals surface area contributed by atoms with Crippen LogP contribution in [0.2, 0.25) is 0 Å². The second-order valence-corrected chi connectivity index (χ2v) is 7.47. The van der Waals surface area contributed by atoms with Crippen molar-refractivity contribution in [2.75, 3.05) is 33.4 Å². The number of carbonyl (C=O) groups excluding carboxylic acids is 1. The Bertz CT molecular complexity index is 338. The molecule has 1 aliphatic carbocycles. The molecule has 4 nitrogen and oxygen atoms in total. The number of ether oxygens (including phenoxy) is 1. The largest absolute Gasteiger partial charge is 0.384 e. The molecule has 0 aromatic rings. The van der Waals surface area contributed by atoms with E-state index in [1.807, 2.05) is 13.8 Å². The molecule has 122 valence electrons. The number of amides is 1. The van der Waals surface area contributed by atoms with E-state index in [-0.39, 0.29) is 5.91 Å². The van der Waals surface area contributed by atoms with Crippen LogP contribution in [-0.2, 0) is 9.53 Å². The van der Waals surface area contributed by atoms with Crippen LogP contribution in [0.3, 0.4) is 0 Å². The van der Waals surface area contributed by atoms with E-state index in [1.54, 1.807) is 7.11 Å². The Balaban J connectivity index is 1.76. The standard InChI is InChI=1S/C17H32N2O2/c1-17(2,13-21-3)16(20)18-11-14-7-6-10-19(12-14)15-8-4-5-9-15/h14-15H,4-13H2,1-3H3,(H,18,20)/t14-/m0/s1. The highest BCUT2D eigenvalue weighted by Gasteiger charge is 2.30. The smallest absolute Gasteiger partial charge is 0.227 e. The first-order valence-corrected chi connectivity index (χ1v) is 8.54. The van der Waals surface area contributed by atoms with Gasteiger partial charge in [-0.25, -0.2) is 0 Å². The normalized spacial score (nSPS) is 25.2. The third-order valence-electron chi connectivity index (χ3n) is 5.06. The van der Waals surface area contributed by atoms with Crippen molar-refractivity contribution >= 4 is 5.91 Å². The molecule has 0 bridgehead atoms. The molecule has 0 radical (unpaired) electrons. The molecular formula is C17H32N2O2. The lowest BCUT2D eigenvalue weighted by molar-refractivity contribution is -0.132. The van der Waals surface area contributed by atoms with Crippen molar-refractivity contribution in [1.82, 2.24) is 10.2 Å². The van der Waals surface area contributed by atoms with Gasteiger partial charge in [-0.05, 0) is 52.0 Å². The molecule has 21 heavy (non-hydrogen) atoms. The van der Waals surface area contributed by atoms with E-state index < -0.39 is 5.41 Å². The highest BCUT2D eigenvalue weighted by molar-refractivity contribution is 5.81. The maximum Gasteiger partial charge on any atom is 0.227 e. The Morgan fingerprint density at radius 1 is 1.24 bits per heavy atom. The minimum Gasteiger partial charge on any atom is -0.384 e. The number of likely N-dealkylation sites (tertiary alicyclic amines) is 1. The number of rotatable bonds is 6. The Morgan fingerprint density at radius 2 is 1.95 bits per heavy atom. The number of piperidine rings is 1. The van der Waals surface area contributed by atoms with E-state index >= 15 is 0 Å². The number of nitrogens with one attached hydrogen (secondary N) is 1. The number of nitrogens with zero attached hydrogens (tertiary/aromatic N) is 1. The summed E-state index contributed by atoms with van der Waals surface area (Å²) in [7, 11) is 1.65. The van der Waals surface area contributed by atoms with Gasteiger partial charge in [-0.2, -0.15) is 0 Å². The Hall–Kier alpha value is -0.610. The number of hydrogen-bond acceptors (Lipinski definition) is 3. The lowest BCUT2D eigenvalue weighted by Gasteiger charge is -2.37. The highest BCUT2D eigenvalue weighted by atomic mass is 16.5. The minimum absolute atomic E-state index is 0.113. The van der Waals surface area contributed by atoms with Crippen LogP contribution in [0.5, 0.6) is 0 Å². The van der Waals surface area contributed by atoms with Crippen molar-refractivity contribution in [2.24, 2.45) is 11.3 Å². The van der Waals surface area contributed by atoms with Crippen LogP contribution in [0.15, 0.2) is 0 Å². The Morgan fingerprint density at radius 3 is 2.62 bits per heavy atom. The van der Waals surface area contributed by atoms with Crippen molar-refractivity contribution in [3.8, 4) is 0 Å². The summed E-state index contributed by atoms with van der Waals surface area (Å²) < 4.78 is 5.14. The average molecular weight is 296 g/mol. The highest BCUT2D eigenvalue weighted by Crippen LogP contribution is 2.27. The van der Waals surface area contributed by atoms with Crippen molar-refractivity contribution in [3.63, 3.8) is 0 Å². The first kappa shape index (κ1) is 16.8. The number of hydrogen-bond donors (Lipinski definition) is 1. The summed E-state index contributed by atoms with van der Waals surface area (Å²) in [5, 5.41) is 3.14. The summed E-state index contributed by atoms with van der Waals surface area (Å²) in [5.41, 5.74) is -0.436. The zero-order valence-electron chi connectivity index (χ0n) is 14.0. The summed E-state index contributed by atoms with van der Waals surface area (Å²) in [6.07, 6.45) is 8.06. The molecule has 2 fully saturated rings. The summed E-state index contributed by atoms with van der Waals surface area (Å²) in [6, 6.07) is 0.813. The van der Waals surface area contributed by atoms with Gasteiger partial charge in [0, 0.05) is 26.2 Å². The molecule has 1 aliphatic heterocycles.